The molecule has 1 aromatic rings. The molecule has 1 N–H and O–H groups in total. The first-order valence-corrected chi connectivity index (χ1v) is 6.05. The fourth-order valence-corrected chi connectivity index (χ4v) is 1.77. The molecule has 4 nitrogen and oxygen atoms in total. The molecule has 0 radical (unpaired) electrons. The van der Waals surface area contributed by atoms with Gasteiger partial charge in [-0.3, -0.25) is 4.98 Å². The Morgan fingerprint density at radius 1 is 1.47 bits per heavy atom. The summed E-state index contributed by atoms with van der Waals surface area (Å²) in [5.41, 5.74) is 1.91. The molecule has 0 aromatic carbocycles. The summed E-state index contributed by atoms with van der Waals surface area (Å²) >= 11 is 0. The van der Waals surface area contributed by atoms with Crippen molar-refractivity contribution in [2.24, 2.45) is 0 Å². The van der Waals surface area contributed by atoms with Crippen molar-refractivity contribution in [3.8, 4) is 0 Å². The van der Waals surface area contributed by atoms with Gasteiger partial charge in [-0.15, -0.1) is 0 Å². The van der Waals surface area contributed by atoms with Crippen LogP contribution in [0.25, 0.3) is 0 Å². The van der Waals surface area contributed by atoms with E-state index in [-0.39, 0.29) is 5.56 Å². The highest BCUT2D eigenvalue weighted by Crippen LogP contribution is 2.21. The van der Waals surface area contributed by atoms with Crippen LogP contribution >= 0.6 is 0 Å². The predicted molar refractivity (Wildman–Crippen MR) is 68.7 cm³/mol. The number of rotatable bonds is 6. The number of anilines is 1. The third-order valence-electron chi connectivity index (χ3n) is 2.75. The molecule has 0 aliphatic heterocycles. The minimum Gasteiger partial charge on any atom is -0.478 e. The highest BCUT2D eigenvalue weighted by atomic mass is 16.4. The second-order valence-electron chi connectivity index (χ2n) is 4.08. The summed E-state index contributed by atoms with van der Waals surface area (Å²) in [6.45, 7) is 7.74. The van der Waals surface area contributed by atoms with Crippen molar-refractivity contribution >= 4 is 11.7 Å². The number of carboxylic acids is 1. The Morgan fingerprint density at radius 2 is 2.18 bits per heavy atom. The lowest BCUT2D eigenvalue weighted by molar-refractivity contribution is 0.0697. The number of hydrogen-bond donors (Lipinski definition) is 1. The molecule has 0 atom stereocenters. The van der Waals surface area contributed by atoms with Crippen LogP contribution in [0.2, 0.25) is 0 Å². The molecule has 0 saturated carbocycles. The van der Waals surface area contributed by atoms with E-state index in [0.29, 0.717) is 0 Å². The molecule has 0 bridgehead atoms. The van der Waals surface area contributed by atoms with Crippen LogP contribution in [0.1, 0.15) is 42.7 Å². The zero-order chi connectivity index (χ0) is 12.8. The average molecular weight is 236 g/mol. The minimum absolute atomic E-state index is 0.286. The number of pyridine rings is 1. The van der Waals surface area contributed by atoms with Crippen LogP contribution in [0, 0.1) is 6.92 Å². The maximum atomic E-state index is 11.2. The van der Waals surface area contributed by atoms with Gasteiger partial charge in [-0.2, -0.15) is 0 Å². The fourth-order valence-electron chi connectivity index (χ4n) is 1.77. The Hall–Kier alpha value is -1.58. The number of unbranched alkanes of at least 4 members (excludes halogenated alkanes) is 1. The number of aryl methyl sites for hydroxylation is 1. The standard InChI is InChI=1S/C13H20N2O2/c1-4-6-7-15(5-2)12-8-10(3)14-9-11(12)13(16)17/h8-9H,4-7H2,1-3H3,(H,16,17). The molecule has 94 valence electrons. The second kappa shape index (κ2) is 6.23. The summed E-state index contributed by atoms with van der Waals surface area (Å²) in [6.07, 6.45) is 3.61. The first-order valence-electron chi connectivity index (χ1n) is 6.05. The van der Waals surface area contributed by atoms with Crippen LogP contribution in [0.5, 0.6) is 0 Å². The van der Waals surface area contributed by atoms with Crippen molar-refractivity contribution < 1.29 is 9.90 Å². The monoisotopic (exact) mass is 236 g/mol. The molecule has 0 unspecified atom stereocenters. The van der Waals surface area contributed by atoms with E-state index >= 15 is 0 Å². The summed E-state index contributed by atoms with van der Waals surface area (Å²) in [4.78, 5) is 17.3. The summed E-state index contributed by atoms with van der Waals surface area (Å²) < 4.78 is 0. The molecule has 0 aliphatic carbocycles. The van der Waals surface area contributed by atoms with Crippen LogP contribution in [-0.4, -0.2) is 29.1 Å². The first-order chi connectivity index (χ1) is 8.10. The molecular weight excluding hydrogens is 216 g/mol. The lowest BCUT2D eigenvalue weighted by Gasteiger charge is -2.24. The normalized spacial score (nSPS) is 10.3. The summed E-state index contributed by atoms with van der Waals surface area (Å²) in [7, 11) is 0. The van der Waals surface area contributed by atoms with Crippen molar-refractivity contribution in [2.75, 3.05) is 18.0 Å². The lowest BCUT2D eigenvalue weighted by Crippen LogP contribution is -2.26. The maximum Gasteiger partial charge on any atom is 0.339 e. The zero-order valence-electron chi connectivity index (χ0n) is 10.7. The maximum absolute atomic E-state index is 11.2. The summed E-state index contributed by atoms with van der Waals surface area (Å²) in [6, 6.07) is 1.85. The van der Waals surface area contributed by atoms with Crippen molar-refractivity contribution in [1.82, 2.24) is 4.98 Å². The van der Waals surface area contributed by atoms with E-state index in [1.165, 1.54) is 6.20 Å². The average Bonchev–Trinajstić information content (AvgIpc) is 2.29. The Balaban J connectivity index is 3.06. The third-order valence-corrected chi connectivity index (χ3v) is 2.75. The van der Waals surface area contributed by atoms with Gasteiger partial charge in [0, 0.05) is 25.0 Å². The van der Waals surface area contributed by atoms with E-state index in [1.54, 1.807) is 0 Å². The predicted octanol–water partition coefficient (Wildman–Crippen LogP) is 2.71. The quantitative estimate of drug-likeness (QED) is 0.825. The number of carboxylic acid groups (broad SMARTS) is 1. The lowest BCUT2D eigenvalue weighted by atomic mass is 10.1. The highest BCUT2D eigenvalue weighted by Gasteiger charge is 2.15. The van der Waals surface area contributed by atoms with Crippen LogP contribution < -0.4 is 4.90 Å². The SMILES string of the molecule is CCCCN(CC)c1cc(C)ncc1C(=O)O. The van der Waals surface area contributed by atoms with E-state index in [1.807, 2.05) is 19.9 Å². The molecule has 0 spiro atoms. The number of aromatic carboxylic acids is 1. The van der Waals surface area contributed by atoms with Gasteiger partial charge >= 0.3 is 5.97 Å². The molecule has 4 heteroatoms. The van der Waals surface area contributed by atoms with E-state index in [0.717, 1.165) is 37.3 Å². The Kier molecular flexibility index (Phi) is 4.94. The number of hydrogen-bond acceptors (Lipinski definition) is 3. The van der Waals surface area contributed by atoms with Gasteiger partial charge in [0.1, 0.15) is 5.56 Å². The van der Waals surface area contributed by atoms with Gasteiger partial charge in [0.2, 0.25) is 0 Å². The van der Waals surface area contributed by atoms with Crippen LogP contribution in [0.4, 0.5) is 5.69 Å². The highest BCUT2D eigenvalue weighted by molar-refractivity contribution is 5.94. The Bertz CT molecular complexity index is 391. The minimum atomic E-state index is -0.914. The van der Waals surface area contributed by atoms with Crippen molar-refractivity contribution in [1.29, 1.82) is 0 Å². The first kappa shape index (κ1) is 13.5. The fraction of sp³-hybridized carbons (Fsp3) is 0.538. The van der Waals surface area contributed by atoms with Gasteiger partial charge in [-0.05, 0) is 26.3 Å². The smallest absolute Gasteiger partial charge is 0.339 e. The number of aromatic nitrogens is 1. The van der Waals surface area contributed by atoms with Crippen molar-refractivity contribution in [2.45, 2.75) is 33.6 Å². The van der Waals surface area contributed by atoms with Crippen LogP contribution in [0.3, 0.4) is 0 Å². The zero-order valence-corrected chi connectivity index (χ0v) is 10.7. The van der Waals surface area contributed by atoms with Gasteiger partial charge in [0.25, 0.3) is 0 Å². The van der Waals surface area contributed by atoms with Gasteiger partial charge in [0.15, 0.2) is 0 Å². The molecule has 0 amide bonds. The summed E-state index contributed by atoms with van der Waals surface area (Å²) in [5.74, 6) is -0.914. The molecule has 17 heavy (non-hydrogen) atoms. The van der Waals surface area contributed by atoms with Crippen molar-refractivity contribution in [3.63, 3.8) is 0 Å². The van der Waals surface area contributed by atoms with E-state index < -0.39 is 5.97 Å². The number of nitrogens with zero attached hydrogens (tertiary/aromatic N) is 2. The van der Waals surface area contributed by atoms with Gasteiger partial charge in [-0.25, -0.2) is 4.79 Å². The van der Waals surface area contributed by atoms with Crippen LogP contribution in [-0.2, 0) is 0 Å². The summed E-state index contributed by atoms with van der Waals surface area (Å²) in [5, 5.41) is 9.16. The molecule has 1 rings (SSSR count). The molecule has 0 aliphatic rings. The Morgan fingerprint density at radius 3 is 2.71 bits per heavy atom. The van der Waals surface area contributed by atoms with Gasteiger partial charge < -0.3 is 10.0 Å². The number of carbonyl (C=O) groups is 1. The Labute approximate surface area is 102 Å². The van der Waals surface area contributed by atoms with E-state index in [9.17, 15) is 4.79 Å². The van der Waals surface area contributed by atoms with Gasteiger partial charge in [-0.1, -0.05) is 13.3 Å². The second-order valence-corrected chi connectivity index (χ2v) is 4.08. The molecule has 0 fully saturated rings. The molecule has 1 heterocycles. The molecular formula is C13H20N2O2. The third kappa shape index (κ3) is 3.44. The van der Waals surface area contributed by atoms with Crippen molar-refractivity contribution in [3.05, 3.63) is 23.5 Å². The molecule has 0 saturated heterocycles. The largest absolute Gasteiger partial charge is 0.478 e. The van der Waals surface area contributed by atoms with Gasteiger partial charge in [0.05, 0.1) is 5.69 Å². The molecule has 1 aromatic heterocycles. The van der Waals surface area contributed by atoms with Crippen LogP contribution in [0.15, 0.2) is 12.3 Å². The topological polar surface area (TPSA) is 53.4 Å². The van der Waals surface area contributed by atoms with E-state index in [4.69, 9.17) is 5.11 Å². The van der Waals surface area contributed by atoms with E-state index in [2.05, 4.69) is 16.8 Å².